The Bertz CT molecular complexity index is 703. The van der Waals surface area contributed by atoms with Gasteiger partial charge in [0.2, 0.25) is 0 Å². The predicted molar refractivity (Wildman–Crippen MR) is 92.9 cm³/mol. The number of Topliss-reactive ketones (excluding diaryl/α,β-unsaturated/α-hetero) is 1. The van der Waals surface area contributed by atoms with Crippen LogP contribution < -0.4 is 0 Å². The summed E-state index contributed by atoms with van der Waals surface area (Å²) in [5, 5.41) is 11.0. The fourth-order valence-corrected chi connectivity index (χ4v) is 7.23. The van der Waals surface area contributed by atoms with Crippen molar-refractivity contribution >= 4 is 11.6 Å². The van der Waals surface area contributed by atoms with Gasteiger partial charge in [-0.2, -0.15) is 0 Å². The third-order valence-corrected chi connectivity index (χ3v) is 8.51. The van der Waals surface area contributed by atoms with Crippen molar-refractivity contribution in [1.29, 1.82) is 0 Å². The van der Waals surface area contributed by atoms with Crippen LogP contribution in [0.2, 0.25) is 0 Å². The largest absolute Gasteiger partial charge is 0.390 e. The van der Waals surface area contributed by atoms with Crippen LogP contribution in [0.3, 0.4) is 0 Å². The first-order chi connectivity index (χ1) is 12.1. The molecule has 4 aliphatic rings. The van der Waals surface area contributed by atoms with E-state index in [1.165, 1.54) is 6.08 Å². The number of aliphatic hydroxyl groups excluding tert-OH is 1. The van der Waals surface area contributed by atoms with Crippen LogP contribution in [-0.4, -0.2) is 34.6 Å². The fourth-order valence-electron chi connectivity index (χ4n) is 7.23. The molecule has 0 spiro atoms. The highest BCUT2D eigenvalue weighted by molar-refractivity contribution is 5.92. The molecular formula is C21H28F2O3. The highest BCUT2D eigenvalue weighted by Crippen LogP contribution is 2.69. The Labute approximate surface area is 153 Å². The van der Waals surface area contributed by atoms with Crippen LogP contribution in [-0.2, 0) is 9.59 Å². The molecule has 0 aromatic carbocycles. The minimum Gasteiger partial charge on any atom is -0.390 e. The number of hydrogen-bond acceptors (Lipinski definition) is 3. The lowest BCUT2D eigenvalue weighted by molar-refractivity contribution is -0.214. The normalized spacial score (nSPS) is 53.4. The molecule has 0 aliphatic heterocycles. The topological polar surface area (TPSA) is 54.4 Å². The number of carbonyl (C=O) groups excluding carboxylic acids is 2. The first-order valence-electron chi connectivity index (χ1n) is 9.82. The lowest BCUT2D eigenvalue weighted by Crippen LogP contribution is -2.68. The number of carbonyl (C=O) groups is 2. The third kappa shape index (κ3) is 2.01. The summed E-state index contributed by atoms with van der Waals surface area (Å²) in [7, 11) is 0. The van der Waals surface area contributed by atoms with Crippen molar-refractivity contribution in [3.63, 3.8) is 0 Å². The molecule has 3 fully saturated rings. The average molecular weight is 366 g/mol. The van der Waals surface area contributed by atoms with Crippen molar-refractivity contribution in [2.24, 2.45) is 28.6 Å². The van der Waals surface area contributed by atoms with Crippen molar-refractivity contribution < 1.29 is 23.5 Å². The monoisotopic (exact) mass is 366 g/mol. The molecule has 8 atom stereocenters. The molecule has 0 amide bonds. The van der Waals surface area contributed by atoms with Gasteiger partial charge in [-0.3, -0.25) is 9.59 Å². The summed E-state index contributed by atoms with van der Waals surface area (Å²) in [6.07, 6.45) is 0.717. The zero-order valence-corrected chi connectivity index (χ0v) is 15.7. The van der Waals surface area contributed by atoms with Gasteiger partial charge in [-0.05, 0) is 62.0 Å². The van der Waals surface area contributed by atoms with Gasteiger partial charge in [0.1, 0.15) is 17.6 Å². The van der Waals surface area contributed by atoms with Crippen molar-refractivity contribution in [1.82, 2.24) is 0 Å². The number of aliphatic hydroxyl groups is 1. The van der Waals surface area contributed by atoms with Crippen LogP contribution in [0.1, 0.15) is 59.3 Å². The van der Waals surface area contributed by atoms with Gasteiger partial charge in [0, 0.05) is 23.7 Å². The van der Waals surface area contributed by atoms with Crippen LogP contribution in [0, 0.1) is 28.6 Å². The molecule has 0 bridgehead atoms. The Kier molecular flexibility index (Phi) is 3.84. The molecule has 0 radical (unpaired) electrons. The quantitative estimate of drug-likeness (QED) is 0.769. The van der Waals surface area contributed by atoms with Gasteiger partial charge < -0.3 is 5.11 Å². The molecule has 1 N–H and O–H groups in total. The average Bonchev–Trinajstić information content (AvgIpc) is 2.89. The van der Waals surface area contributed by atoms with Gasteiger partial charge in [0.25, 0.3) is 0 Å². The summed E-state index contributed by atoms with van der Waals surface area (Å²) >= 11 is 0. The number of hydrogen-bond donors (Lipinski definition) is 1. The van der Waals surface area contributed by atoms with Gasteiger partial charge in [-0.15, -0.1) is 0 Å². The second-order valence-corrected chi connectivity index (χ2v) is 9.55. The lowest BCUT2D eigenvalue weighted by Gasteiger charge is -2.63. The van der Waals surface area contributed by atoms with E-state index >= 15 is 8.78 Å². The number of rotatable bonds is 1. The SMILES string of the molecule is CC(=O)C1CCC2C3CC(F)C4=CC(=O)CCC4(C)C3(F)C(O)CC12C. The van der Waals surface area contributed by atoms with Gasteiger partial charge in [-0.25, -0.2) is 8.78 Å². The number of halogens is 2. The summed E-state index contributed by atoms with van der Waals surface area (Å²) in [5.74, 6) is -1.00. The maximum Gasteiger partial charge on any atom is 0.155 e. The number of ketones is 2. The summed E-state index contributed by atoms with van der Waals surface area (Å²) in [5.41, 5.74) is -3.35. The van der Waals surface area contributed by atoms with E-state index in [0.717, 1.165) is 0 Å². The standard InChI is InChI=1S/C21H28F2O3/c1-11(24)13-4-5-14-15-9-17(22)16-8-12(25)6-7-20(16,3)21(15,23)18(26)10-19(13,14)2/h8,13-15,17-18,26H,4-7,9-10H2,1-3H3. The van der Waals surface area contributed by atoms with Crippen LogP contribution in [0.15, 0.2) is 11.6 Å². The minimum atomic E-state index is -1.95. The Balaban J connectivity index is 1.83. The zero-order chi connectivity index (χ0) is 19.1. The third-order valence-electron chi connectivity index (χ3n) is 8.51. The van der Waals surface area contributed by atoms with E-state index in [9.17, 15) is 14.7 Å². The molecule has 3 nitrogen and oxygen atoms in total. The maximum atomic E-state index is 16.7. The molecule has 5 heteroatoms. The van der Waals surface area contributed by atoms with E-state index in [-0.39, 0.29) is 54.7 Å². The van der Waals surface area contributed by atoms with Gasteiger partial charge >= 0.3 is 0 Å². The van der Waals surface area contributed by atoms with E-state index in [2.05, 4.69) is 0 Å². The molecule has 4 rings (SSSR count). The highest BCUT2D eigenvalue weighted by Gasteiger charge is 2.72. The molecule has 3 saturated carbocycles. The van der Waals surface area contributed by atoms with Crippen molar-refractivity contribution in [2.45, 2.75) is 77.2 Å². The highest BCUT2D eigenvalue weighted by atomic mass is 19.1. The Morgan fingerprint density at radius 1 is 1.27 bits per heavy atom. The fraction of sp³-hybridized carbons (Fsp3) is 0.810. The van der Waals surface area contributed by atoms with Gasteiger partial charge in [0.05, 0.1) is 6.10 Å². The van der Waals surface area contributed by atoms with E-state index in [1.54, 1.807) is 13.8 Å². The van der Waals surface area contributed by atoms with E-state index in [1.807, 2.05) is 6.92 Å². The Morgan fingerprint density at radius 3 is 2.62 bits per heavy atom. The zero-order valence-electron chi connectivity index (χ0n) is 15.7. The van der Waals surface area contributed by atoms with E-state index < -0.39 is 34.7 Å². The first-order valence-corrected chi connectivity index (χ1v) is 9.82. The molecular weight excluding hydrogens is 338 g/mol. The minimum absolute atomic E-state index is 0.00680. The van der Waals surface area contributed by atoms with Crippen LogP contribution in [0.5, 0.6) is 0 Å². The molecule has 144 valence electrons. The summed E-state index contributed by atoms with van der Waals surface area (Å²) in [6, 6.07) is 0. The number of fused-ring (bicyclic) bond motifs is 5. The number of allylic oxidation sites excluding steroid dienone is 1. The Hall–Kier alpha value is -1.10. The lowest BCUT2D eigenvalue weighted by atomic mass is 9.44. The smallest absolute Gasteiger partial charge is 0.155 e. The molecule has 26 heavy (non-hydrogen) atoms. The summed E-state index contributed by atoms with van der Waals surface area (Å²) in [6.45, 7) is 5.23. The van der Waals surface area contributed by atoms with E-state index in [0.29, 0.717) is 12.8 Å². The second kappa shape index (κ2) is 5.46. The van der Waals surface area contributed by atoms with Crippen LogP contribution in [0.25, 0.3) is 0 Å². The van der Waals surface area contributed by atoms with Crippen molar-refractivity contribution in [2.75, 3.05) is 0 Å². The molecule has 0 aromatic heterocycles. The summed E-state index contributed by atoms with van der Waals surface area (Å²) in [4.78, 5) is 24.0. The molecule has 0 aromatic rings. The van der Waals surface area contributed by atoms with Gasteiger partial charge in [-0.1, -0.05) is 13.8 Å². The predicted octanol–water partition coefficient (Wildman–Crippen LogP) is 3.73. The maximum absolute atomic E-state index is 16.7. The van der Waals surface area contributed by atoms with Crippen molar-refractivity contribution in [3.05, 3.63) is 11.6 Å². The first kappa shape index (κ1) is 18.3. The summed E-state index contributed by atoms with van der Waals surface area (Å²) < 4.78 is 31.8. The van der Waals surface area contributed by atoms with Crippen molar-refractivity contribution in [3.8, 4) is 0 Å². The van der Waals surface area contributed by atoms with E-state index in [4.69, 9.17) is 0 Å². The van der Waals surface area contributed by atoms with Crippen LogP contribution >= 0.6 is 0 Å². The number of alkyl halides is 2. The van der Waals surface area contributed by atoms with Gasteiger partial charge in [0.15, 0.2) is 5.78 Å². The van der Waals surface area contributed by atoms with Crippen LogP contribution in [0.4, 0.5) is 8.78 Å². The molecule has 0 heterocycles. The molecule has 0 saturated heterocycles. The molecule has 4 aliphatic carbocycles. The second-order valence-electron chi connectivity index (χ2n) is 9.55. The molecule has 8 unspecified atom stereocenters. The Morgan fingerprint density at radius 2 is 1.96 bits per heavy atom.